The van der Waals surface area contributed by atoms with E-state index in [9.17, 15) is 4.79 Å². The van der Waals surface area contributed by atoms with Crippen LogP contribution in [0.5, 0.6) is 0 Å². The predicted octanol–water partition coefficient (Wildman–Crippen LogP) is 3.17. The van der Waals surface area contributed by atoms with Crippen LogP contribution in [0, 0.1) is 13.8 Å². The molecule has 0 spiro atoms. The number of nitrogens with two attached hydrogens (primary N) is 1. The Hall–Kier alpha value is -1.65. The Bertz CT molecular complexity index is 651. The maximum absolute atomic E-state index is 11.5. The lowest BCUT2D eigenvalue weighted by Gasteiger charge is -2.13. The molecule has 1 aromatic heterocycles. The summed E-state index contributed by atoms with van der Waals surface area (Å²) in [5.74, 6) is -0.691. The van der Waals surface area contributed by atoms with Gasteiger partial charge in [-0.1, -0.05) is 29.8 Å². The van der Waals surface area contributed by atoms with Crippen LogP contribution in [0.4, 0.5) is 0 Å². The van der Waals surface area contributed by atoms with Crippen molar-refractivity contribution in [3.63, 3.8) is 0 Å². The number of aryl methyl sites for hydroxylation is 2. The summed E-state index contributed by atoms with van der Waals surface area (Å²) in [5.41, 5.74) is 8.51. The highest BCUT2D eigenvalue weighted by Crippen LogP contribution is 2.34. The Kier molecular flexibility index (Phi) is 3.73. The number of carbonyl (C=O) groups is 1. The number of nitrogens with zero attached hydrogens (tertiary/aromatic N) is 2. The highest BCUT2D eigenvalue weighted by molar-refractivity contribution is 6.34. The van der Waals surface area contributed by atoms with E-state index >= 15 is 0 Å². The van der Waals surface area contributed by atoms with Crippen LogP contribution >= 0.6 is 23.2 Å². The lowest BCUT2D eigenvalue weighted by Crippen LogP contribution is -2.16. The molecule has 0 bridgehead atoms. The van der Waals surface area contributed by atoms with E-state index < -0.39 is 5.91 Å². The Labute approximate surface area is 120 Å². The smallest absolute Gasteiger partial charge is 0.268 e. The maximum Gasteiger partial charge on any atom is 0.268 e. The molecule has 0 radical (unpaired) electrons. The van der Waals surface area contributed by atoms with Gasteiger partial charge in [0.25, 0.3) is 5.91 Å². The van der Waals surface area contributed by atoms with Crippen molar-refractivity contribution in [2.75, 3.05) is 0 Å². The van der Waals surface area contributed by atoms with Gasteiger partial charge in [-0.2, -0.15) is 0 Å². The van der Waals surface area contributed by atoms with Gasteiger partial charge in [-0.25, -0.2) is 9.97 Å². The minimum Gasteiger partial charge on any atom is -0.364 e. The summed E-state index contributed by atoms with van der Waals surface area (Å²) >= 11 is 11.8. The molecule has 4 nitrogen and oxygen atoms in total. The summed E-state index contributed by atoms with van der Waals surface area (Å²) in [6.45, 7) is 3.83. The molecule has 1 aromatic carbocycles. The first-order chi connectivity index (χ1) is 8.91. The van der Waals surface area contributed by atoms with Crippen LogP contribution in [-0.2, 0) is 0 Å². The molecule has 0 saturated heterocycles. The Morgan fingerprint density at radius 3 is 2.21 bits per heavy atom. The Balaban J connectivity index is 2.86. The van der Waals surface area contributed by atoms with Crippen LogP contribution < -0.4 is 5.73 Å². The van der Waals surface area contributed by atoms with Crippen LogP contribution in [0.25, 0.3) is 11.1 Å². The topological polar surface area (TPSA) is 68.9 Å². The second kappa shape index (κ2) is 5.15. The first kappa shape index (κ1) is 13.8. The van der Waals surface area contributed by atoms with Crippen molar-refractivity contribution in [2.45, 2.75) is 13.8 Å². The van der Waals surface area contributed by atoms with Gasteiger partial charge in [-0.3, -0.25) is 4.79 Å². The van der Waals surface area contributed by atoms with Gasteiger partial charge in [0.1, 0.15) is 10.8 Å². The molecule has 0 saturated carbocycles. The lowest BCUT2D eigenvalue weighted by molar-refractivity contribution is 0.0996. The normalized spacial score (nSPS) is 10.5. The number of benzene rings is 1. The van der Waals surface area contributed by atoms with Crippen molar-refractivity contribution in [3.8, 4) is 11.1 Å². The Morgan fingerprint density at radius 1 is 1.11 bits per heavy atom. The third-order valence-electron chi connectivity index (χ3n) is 2.80. The minimum atomic E-state index is -0.691. The molecule has 0 fully saturated rings. The number of aromatic nitrogens is 2. The van der Waals surface area contributed by atoms with Gasteiger partial charge in [0.15, 0.2) is 0 Å². The zero-order valence-corrected chi connectivity index (χ0v) is 11.9. The van der Waals surface area contributed by atoms with E-state index in [0.717, 1.165) is 16.7 Å². The molecule has 0 aliphatic carbocycles. The van der Waals surface area contributed by atoms with Gasteiger partial charge in [0, 0.05) is 0 Å². The molecule has 0 atom stereocenters. The largest absolute Gasteiger partial charge is 0.364 e. The fourth-order valence-electron chi connectivity index (χ4n) is 2.02. The molecule has 1 amide bonds. The van der Waals surface area contributed by atoms with Crippen LogP contribution in [-0.4, -0.2) is 15.9 Å². The van der Waals surface area contributed by atoms with Crippen LogP contribution in [0.1, 0.15) is 21.6 Å². The number of hydrogen-bond acceptors (Lipinski definition) is 3. The molecule has 0 aliphatic rings. The third-order valence-corrected chi connectivity index (χ3v) is 3.24. The molecule has 0 unspecified atom stereocenters. The summed E-state index contributed by atoms with van der Waals surface area (Å²) in [5, 5.41) is 0.0139. The zero-order valence-electron chi connectivity index (χ0n) is 10.4. The van der Waals surface area contributed by atoms with E-state index in [0.29, 0.717) is 5.56 Å². The van der Waals surface area contributed by atoms with Crippen molar-refractivity contribution in [3.05, 3.63) is 45.5 Å². The van der Waals surface area contributed by atoms with Gasteiger partial charge < -0.3 is 5.73 Å². The third kappa shape index (κ3) is 2.55. The Morgan fingerprint density at radius 2 is 1.68 bits per heavy atom. The zero-order chi connectivity index (χ0) is 14.2. The average molecular weight is 296 g/mol. The summed E-state index contributed by atoms with van der Waals surface area (Å²) < 4.78 is 0. The van der Waals surface area contributed by atoms with Crippen LogP contribution in [0.15, 0.2) is 18.2 Å². The van der Waals surface area contributed by atoms with E-state index in [-0.39, 0.29) is 16.1 Å². The molecule has 2 aromatic rings. The van der Waals surface area contributed by atoms with Crippen molar-refractivity contribution in [1.29, 1.82) is 0 Å². The van der Waals surface area contributed by atoms with Gasteiger partial charge in [-0.05, 0) is 42.1 Å². The quantitative estimate of drug-likeness (QED) is 0.683. The standard InChI is InChI=1S/C13H11Cl2N3O/c1-6-4-3-5-7(2)8(6)9-10(12(16)19)17-13(15)18-11(9)14/h3-5H,1-2H3,(H2,16,19). The summed E-state index contributed by atoms with van der Waals surface area (Å²) in [4.78, 5) is 19.3. The SMILES string of the molecule is Cc1cccc(C)c1-c1c(Cl)nc(Cl)nc1C(N)=O. The molecule has 19 heavy (non-hydrogen) atoms. The number of rotatable bonds is 2. The number of amides is 1. The van der Waals surface area contributed by atoms with Gasteiger partial charge in [-0.15, -0.1) is 0 Å². The maximum atomic E-state index is 11.5. The fourth-order valence-corrected chi connectivity index (χ4v) is 2.49. The lowest BCUT2D eigenvalue weighted by atomic mass is 9.95. The number of carbonyl (C=O) groups excluding carboxylic acids is 1. The van der Waals surface area contributed by atoms with Crippen molar-refractivity contribution in [1.82, 2.24) is 9.97 Å². The molecular weight excluding hydrogens is 285 g/mol. The summed E-state index contributed by atoms with van der Waals surface area (Å²) in [7, 11) is 0. The predicted molar refractivity (Wildman–Crippen MR) is 75.5 cm³/mol. The van der Waals surface area contributed by atoms with E-state index in [1.165, 1.54) is 0 Å². The first-order valence-electron chi connectivity index (χ1n) is 5.51. The van der Waals surface area contributed by atoms with Gasteiger partial charge >= 0.3 is 0 Å². The molecule has 2 N–H and O–H groups in total. The highest BCUT2D eigenvalue weighted by Gasteiger charge is 2.20. The fraction of sp³-hybridized carbons (Fsp3) is 0.154. The number of halogens is 2. The second-order valence-electron chi connectivity index (χ2n) is 4.14. The van der Waals surface area contributed by atoms with E-state index in [2.05, 4.69) is 9.97 Å². The van der Waals surface area contributed by atoms with E-state index in [4.69, 9.17) is 28.9 Å². The summed E-state index contributed by atoms with van der Waals surface area (Å²) in [6, 6.07) is 5.75. The van der Waals surface area contributed by atoms with Gasteiger partial charge in [0.05, 0.1) is 5.56 Å². The second-order valence-corrected chi connectivity index (χ2v) is 4.83. The molecule has 98 valence electrons. The minimum absolute atomic E-state index is 0.0300. The van der Waals surface area contributed by atoms with Crippen molar-refractivity contribution >= 4 is 29.1 Å². The van der Waals surface area contributed by atoms with Crippen molar-refractivity contribution in [2.24, 2.45) is 5.73 Å². The number of hydrogen-bond donors (Lipinski definition) is 1. The molecule has 6 heteroatoms. The molecule has 0 aliphatic heterocycles. The van der Waals surface area contributed by atoms with E-state index in [1.54, 1.807) is 0 Å². The average Bonchev–Trinajstić information content (AvgIpc) is 2.30. The van der Waals surface area contributed by atoms with Crippen LogP contribution in [0.3, 0.4) is 0 Å². The summed E-state index contributed by atoms with van der Waals surface area (Å²) in [6.07, 6.45) is 0. The van der Waals surface area contributed by atoms with Crippen molar-refractivity contribution < 1.29 is 4.79 Å². The van der Waals surface area contributed by atoms with Crippen LogP contribution in [0.2, 0.25) is 10.4 Å². The highest BCUT2D eigenvalue weighted by atomic mass is 35.5. The molecule has 2 rings (SSSR count). The molecule has 1 heterocycles. The molecular formula is C13H11Cl2N3O. The first-order valence-corrected chi connectivity index (χ1v) is 6.27. The van der Waals surface area contributed by atoms with E-state index in [1.807, 2.05) is 32.0 Å². The van der Waals surface area contributed by atoms with Gasteiger partial charge in [0.2, 0.25) is 5.28 Å². The number of primary amides is 1. The monoisotopic (exact) mass is 295 g/mol.